The Morgan fingerprint density at radius 3 is 1.75 bits per heavy atom. The van der Waals surface area contributed by atoms with Crippen molar-refractivity contribution < 1.29 is 0 Å². The van der Waals surface area contributed by atoms with E-state index in [2.05, 4.69) is 0 Å². The SMILES string of the molecule is Cc1ccccc1Cl.Cl[SiH](Cl)Cl. The molecule has 0 fully saturated rings. The van der Waals surface area contributed by atoms with Gasteiger partial charge in [0.1, 0.15) is 0 Å². The molecule has 0 amide bonds. The maximum absolute atomic E-state index is 5.71. The molecule has 0 saturated carbocycles. The Kier molecular flexibility index (Phi) is 7.39. The number of aryl methyl sites for hydroxylation is 1. The third-order valence-corrected chi connectivity index (χ3v) is 1.50. The lowest BCUT2D eigenvalue weighted by atomic mass is 10.2. The molecule has 0 aromatic heterocycles. The van der Waals surface area contributed by atoms with Gasteiger partial charge < -0.3 is 0 Å². The maximum atomic E-state index is 5.71. The van der Waals surface area contributed by atoms with Crippen molar-refractivity contribution in [2.24, 2.45) is 0 Å². The highest BCUT2D eigenvalue weighted by molar-refractivity contribution is 7.54. The van der Waals surface area contributed by atoms with Crippen LogP contribution in [0.4, 0.5) is 0 Å². The molecule has 0 aliphatic carbocycles. The Bertz CT molecular complexity index is 203. The smallest absolute Gasteiger partial charge is 0.130 e. The van der Waals surface area contributed by atoms with Gasteiger partial charge in [-0.2, -0.15) is 0 Å². The van der Waals surface area contributed by atoms with Gasteiger partial charge in [-0.15, -0.1) is 33.2 Å². The van der Waals surface area contributed by atoms with Gasteiger partial charge in [-0.25, -0.2) is 0 Å². The largest absolute Gasteiger partial charge is 0.326 e. The minimum absolute atomic E-state index is 0.840. The van der Waals surface area contributed by atoms with E-state index >= 15 is 0 Å². The normalized spacial score (nSPS) is 9.17. The monoisotopic (exact) mass is 260 g/mol. The second-order valence-electron chi connectivity index (χ2n) is 2.00. The van der Waals surface area contributed by atoms with Crippen LogP contribution in [0.1, 0.15) is 5.56 Å². The first-order valence-corrected chi connectivity index (χ1v) is 8.79. The molecule has 0 radical (unpaired) electrons. The Labute approximate surface area is 93.1 Å². The first kappa shape index (κ1) is 12.6. The van der Waals surface area contributed by atoms with Gasteiger partial charge in [0.25, 0.3) is 0 Å². The summed E-state index contributed by atoms with van der Waals surface area (Å²) in [4.78, 5) is 0. The summed E-state index contributed by atoms with van der Waals surface area (Å²) >= 11 is 20.5. The van der Waals surface area contributed by atoms with Crippen LogP contribution in [0, 0.1) is 6.92 Å². The standard InChI is InChI=1S/C7H7Cl.Cl3HSi/c1-6-4-2-3-5-7(6)8;1-4(2)3/h2-5H,1H3;4H. The quantitative estimate of drug-likeness (QED) is 0.488. The first-order chi connectivity index (χ1) is 5.54. The molecule has 0 saturated heterocycles. The predicted octanol–water partition coefficient (Wildman–Crippen LogP) is 4.07. The second kappa shape index (κ2) is 7.04. The van der Waals surface area contributed by atoms with Crippen molar-refractivity contribution in [2.75, 3.05) is 0 Å². The molecule has 0 nitrogen and oxygen atoms in total. The molecular weight excluding hydrogens is 254 g/mol. The third-order valence-electron chi connectivity index (χ3n) is 1.08. The highest BCUT2D eigenvalue weighted by Crippen LogP contribution is 2.11. The molecule has 0 N–H and O–H groups in total. The van der Waals surface area contributed by atoms with Gasteiger partial charge in [-0.1, -0.05) is 29.8 Å². The molecule has 0 aliphatic rings. The zero-order chi connectivity index (χ0) is 9.56. The lowest BCUT2D eigenvalue weighted by molar-refractivity contribution is 1.47. The van der Waals surface area contributed by atoms with Gasteiger partial charge in [0.05, 0.1) is 0 Å². The van der Waals surface area contributed by atoms with Gasteiger partial charge in [0, 0.05) is 5.02 Å². The van der Waals surface area contributed by atoms with Crippen molar-refractivity contribution in [3.05, 3.63) is 34.9 Å². The average molecular weight is 262 g/mol. The van der Waals surface area contributed by atoms with Crippen LogP contribution in [0.3, 0.4) is 0 Å². The van der Waals surface area contributed by atoms with E-state index in [4.69, 9.17) is 44.8 Å². The van der Waals surface area contributed by atoms with Crippen molar-refractivity contribution in [3.63, 3.8) is 0 Å². The van der Waals surface area contributed by atoms with Gasteiger partial charge in [-0.05, 0) is 18.6 Å². The Balaban J connectivity index is 0.000000261. The lowest BCUT2D eigenvalue weighted by Gasteiger charge is -1.90. The highest BCUT2D eigenvalue weighted by Gasteiger charge is 1.86. The van der Waals surface area contributed by atoms with Gasteiger partial charge in [0.15, 0.2) is 0 Å². The fourth-order valence-electron chi connectivity index (χ4n) is 0.551. The van der Waals surface area contributed by atoms with Crippen LogP contribution in [-0.2, 0) is 0 Å². The van der Waals surface area contributed by atoms with Crippen molar-refractivity contribution in [3.8, 4) is 0 Å². The van der Waals surface area contributed by atoms with E-state index in [1.165, 1.54) is 0 Å². The molecular formula is C7H8Cl4Si. The number of hydrogen-bond acceptors (Lipinski definition) is 0. The molecule has 5 heteroatoms. The summed E-state index contributed by atoms with van der Waals surface area (Å²) in [5.74, 6) is 0. The summed E-state index contributed by atoms with van der Waals surface area (Å²) < 4.78 is 0. The summed E-state index contributed by atoms with van der Waals surface area (Å²) in [6.07, 6.45) is 0. The first-order valence-electron chi connectivity index (χ1n) is 3.17. The van der Waals surface area contributed by atoms with Crippen molar-refractivity contribution in [1.29, 1.82) is 0 Å². The van der Waals surface area contributed by atoms with Gasteiger partial charge in [0.2, 0.25) is 0 Å². The summed E-state index contributed by atoms with van der Waals surface area (Å²) in [7, 11) is 0. The average Bonchev–Trinajstić information content (AvgIpc) is 1.94. The van der Waals surface area contributed by atoms with Gasteiger partial charge in [-0.3, -0.25) is 0 Å². The zero-order valence-electron chi connectivity index (χ0n) is 6.40. The molecule has 1 aromatic rings. The highest BCUT2D eigenvalue weighted by atomic mass is 35.8. The van der Waals surface area contributed by atoms with Crippen molar-refractivity contribution >= 4 is 51.6 Å². The lowest BCUT2D eigenvalue weighted by Crippen LogP contribution is -1.68. The minimum atomic E-state index is -1.72. The molecule has 0 spiro atoms. The summed E-state index contributed by atoms with van der Waals surface area (Å²) in [5, 5.41) is 0.840. The van der Waals surface area contributed by atoms with E-state index in [-0.39, 0.29) is 0 Å². The van der Waals surface area contributed by atoms with E-state index in [1.54, 1.807) is 0 Å². The summed E-state index contributed by atoms with van der Waals surface area (Å²) in [5.41, 5.74) is 1.13. The van der Waals surface area contributed by atoms with Crippen LogP contribution >= 0.6 is 44.8 Å². The fraction of sp³-hybridized carbons (Fsp3) is 0.143. The van der Waals surface area contributed by atoms with Crippen LogP contribution < -0.4 is 0 Å². The minimum Gasteiger partial charge on any atom is -0.130 e. The van der Waals surface area contributed by atoms with Crippen LogP contribution in [0.5, 0.6) is 0 Å². The Morgan fingerprint density at radius 2 is 1.50 bits per heavy atom. The van der Waals surface area contributed by atoms with Crippen molar-refractivity contribution in [1.82, 2.24) is 0 Å². The maximum Gasteiger partial charge on any atom is 0.326 e. The molecule has 1 rings (SSSR count). The van der Waals surface area contributed by atoms with Crippen molar-refractivity contribution in [2.45, 2.75) is 6.92 Å². The fourth-order valence-corrected chi connectivity index (χ4v) is 0.687. The number of halogens is 4. The molecule has 0 unspecified atom stereocenters. The molecule has 1 aromatic carbocycles. The molecule has 0 heterocycles. The Morgan fingerprint density at radius 1 is 1.08 bits per heavy atom. The van der Waals surface area contributed by atoms with Gasteiger partial charge >= 0.3 is 6.73 Å². The Hall–Kier alpha value is 0.597. The van der Waals surface area contributed by atoms with E-state index in [9.17, 15) is 0 Å². The summed E-state index contributed by atoms with van der Waals surface area (Å²) in [6.45, 7) is 0.266. The molecule has 0 aliphatic heterocycles. The third kappa shape index (κ3) is 7.26. The van der Waals surface area contributed by atoms with E-state index < -0.39 is 6.73 Å². The van der Waals surface area contributed by atoms with Crippen LogP contribution in [0.25, 0.3) is 0 Å². The molecule has 12 heavy (non-hydrogen) atoms. The number of benzene rings is 1. The van der Waals surface area contributed by atoms with E-state index in [0.717, 1.165) is 10.6 Å². The second-order valence-corrected chi connectivity index (χ2v) is 8.84. The number of hydrogen-bond donors (Lipinski definition) is 0. The van der Waals surface area contributed by atoms with Crippen LogP contribution in [-0.4, -0.2) is 6.73 Å². The molecule has 0 atom stereocenters. The predicted molar refractivity (Wildman–Crippen MR) is 60.9 cm³/mol. The molecule has 68 valence electrons. The summed E-state index contributed by atoms with van der Waals surface area (Å²) in [6, 6.07) is 7.77. The van der Waals surface area contributed by atoms with Crippen LogP contribution in [0.15, 0.2) is 24.3 Å². The zero-order valence-corrected chi connectivity index (χ0v) is 10.6. The topological polar surface area (TPSA) is 0 Å². The van der Waals surface area contributed by atoms with E-state index in [0.29, 0.717) is 0 Å². The van der Waals surface area contributed by atoms with Crippen LogP contribution in [0.2, 0.25) is 5.02 Å². The molecule has 0 bridgehead atoms. The number of rotatable bonds is 0. The van der Waals surface area contributed by atoms with E-state index in [1.807, 2.05) is 31.2 Å².